The number of carbonyl (C=O) groups excluding carboxylic acids is 2. The molecule has 2 aliphatic rings. The second-order valence-corrected chi connectivity index (χ2v) is 7.92. The third-order valence-corrected chi connectivity index (χ3v) is 6.04. The van der Waals surface area contributed by atoms with Crippen LogP contribution in [-0.2, 0) is 16.1 Å². The summed E-state index contributed by atoms with van der Waals surface area (Å²) in [6.45, 7) is 3.27. The molecule has 2 heterocycles. The molecule has 1 aliphatic carbocycles. The van der Waals surface area contributed by atoms with E-state index in [1.54, 1.807) is 0 Å². The van der Waals surface area contributed by atoms with Gasteiger partial charge in [-0.25, -0.2) is 32.8 Å². The molecule has 0 spiro atoms. The van der Waals surface area contributed by atoms with Gasteiger partial charge in [-0.15, -0.1) is 6.58 Å². The van der Waals surface area contributed by atoms with Gasteiger partial charge in [0.25, 0.3) is 0 Å². The number of nitrogens with one attached hydrogen (secondary N) is 1. The summed E-state index contributed by atoms with van der Waals surface area (Å²) in [6, 6.07) is 1.83. The fourth-order valence-electron chi connectivity index (χ4n) is 4.28. The maximum absolute atomic E-state index is 14.8. The topological polar surface area (TPSA) is 114 Å². The van der Waals surface area contributed by atoms with Crippen molar-refractivity contribution in [1.82, 2.24) is 14.1 Å². The first kappa shape index (κ1) is 21.0. The summed E-state index contributed by atoms with van der Waals surface area (Å²) < 4.78 is 16.1. The van der Waals surface area contributed by atoms with Crippen LogP contribution < -0.4 is 22.0 Å². The van der Waals surface area contributed by atoms with Crippen molar-refractivity contribution < 1.29 is 14.0 Å². The van der Waals surface area contributed by atoms with Crippen LogP contribution in [0.4, 0.5) is 10.1 Å². The number of carbonyl (C=O) groups is 2. The highest BCUT2D eigenvalue weighted by molar-refractivity contribution is 6.32. The summed E-state index contributed by atoms with van der Waals surface area (Å²) in [4.78, 5) is 65.6. The third kappa shape index (κ3) is 3.27. The quantitative estimate of drug-likeness (QED) is 0.560. The third-order valence-electron chi connectivity index (χ3n) is 5.74. The van der Waals surface area contributed by atoms with Crippen LogP contribution >= 0.6 is 11.6 Å². The Hall–Kier alpha value is -3.27. The van der Waals surface area contributed by atoms with E-state index >= 15 is 0 Å². The lowest BCUT2D eigenvalue weighted by molar-refractivity contribution is -0.122. The van der Waals surface area contributed by atoms with Crippen molar-refractivity contribution in [3.05, 3.63) is 67.1 Å². The van der Waals surface area contributed by atoms with Gasteiger partial charge in [0.2, 0.25) is 11.8 Å². The van der Waals surface area contributed by atoms with Gasteiger partial charge in [-0.05, 0) is 25.0 Å². The van der Waals surface area contributed by atoms with Gasteiger partial charge in [-0.2, -0.15) is 0 Å². The molecule has 0 bridgehead atoms. The number of hydrogen-bond donors (Lipinski definition) is 1. The Morgan fingerprint density at radius 1 is 1.03 bits per heavy atom. The largest absolute Gasteiger partial charge is 0.341 e. The predicted octanol–water partition coefficient (Wildman–Crippen LogP) is 1.35. The van der Waals surface area contributed by atoms with Gasteiger partial charge in [-0.1, -0.05) is 30.5 Å². The first-order valence-corrected chi connectivity index (χ1v) is 10.1. The highest BCUT2D eigenvalue weighted by Gasteiger charge is 2.49. The van der Waals surface area contributed by atoms with E-state index in [4.69, 9.17) is 11.6 Å². The summed E-state index contributed by atoms with van der Waals surface area (Å²) in [5, 5.41) is -0.311. The molecule has 2 aromatic rings. The van der Waals surface area contributed by atoms with Crippen molar-refractivity contribution in [3.8, 4) is 5.69 Å². The number of aromatic nitrogens is 3. The molecule has 31 heavy (non-hydrogen) atoms. The number of fused-ring (bicyclic) bond motifs is 1. The predicted molar refractivity (Wildman–Crippen MR) is 110 cm³/mol. The van der Waals surface area contributed by atoms with Gasteiger partial charge in [0.1, 0.15) is 5.82 Å². The molecule has 11 heteroatoms. The molecule has 162 valence electrons. The zero-order valence-electron chi connectivity index (χ0n) is 16.3. The summed E-state index contributed by atoms with van der Waals surface area (Å²) in [5.41, 5.74) is -3.73. The Labute approximate surface area is 179 Å². The maximum Gasteiger partial charge on any atom is 0.341 e. The first-order valence-electron chi connectivity index (χ1n) is 9.70. The van der Waals surface area contributed by atoms with E-state index < -0.39 is 52.2 Å². The van der Waals surface area contributed by atoms with Crippen LogP contribution in [0.25, 0.3) is 5.69 Å². The number of H-pyrrole nitrogens is 1. The zero-order chi connectivity index (χ0) is 22.4. The van der Waals surface area contributed by atoms with Crippen LogP contribution in [0.5, 0.6) is 0 Å². The Morgan fingerprint density at radius 2 is 1.65 bits per heavy atom. The van der Waals surface area contributed by atoms with E-state index in [1.807, 2.05) is 4.98 Å². The van der Waals surface area contributed by atoms with Gasteiger partial charge in [0.05, 0.1) is 34.8 Å². The molecule has 2 atom stereocenters. The van der Waals surface area contributed by atoms with Crippen LogP contribution in [-0.4, -0.2) is 25.9 Å². The molecule has 2 amide bonds. The van der Waals surface area contributed by atoms with Gasteiger partial charge >= 0.3 is 17.1 Å². The molecule has 1 saturated carbocycles. The van der Waals surface area contributed by atoms with Gasteiger partial charge < -0.3 is 0 Å². The van der Waals surface area contributed by atoms with E-state index in [1.165, 1.54) is 6.08 Å². The molecule has 1 aromatic heterocycles. The van der Waals surface area contributed by atoms with Crippen molar-refractivity contribution in [2.75, 3.05) is 4.90 Å². The molecule has 2 fully saturated rings. The van der Waals surface area contributed by atoms with Gasteiger partial charge in [-0.3, -0.25) is 14.6 Å². The minimum absolute atomic E-state index is 0.188. The average molecular weight is 449 g/mol. The molecular formula is C20H18ClFN4O5. The maximum atomic E-state index is 14.8. The highest BCUT2D eigenvalue weighted by atomic mass is 35.5. The van der Waals surface area contributed by atoms with E-state index in [9.17, 15) is 28.4 Å². The summed E-state index contributed by atoms with van der Waals surface area (Å²) in [7, 11) is 0. The average Bonchev–Trinajstić information content (AvgIpc) is 2.97. The van der Waals surface area contributed by atoms with Crippen LogP contribution in [0.2, 0.25) is 5.02 Å². The van der Waals surface area contributed by atoms with Crippen LogP contribution in [0.15, 0.2) is 39.2 Å². The number of nitrogens with zero attached hydrogens (tertiary/aromatic N) is 3. The zero-order valence-corrected chi connectivity index (χ0v) is 17.0. The van der Waals surface area contributed by atoms with Crippen molar-refractivity contribution in [3.63, 3.8) is 0 Å². The minimum atomic E-state index is -1.09. The number of imide groups is 1. The molecule has 2 unspecified atom stereocenters. The van der Waals surface area contributed by atoms with E-state index in [-0.39, 0.29) is 17.3 Å². The number of halogens is 2. The Morgan fingerprint density at radius 3 is 2.23 bits per heavy atom. The molecule has 1 aromatic carbocycles. The lowest BCUT2D eigenvalue weighted by Gasteiger charge is -2.19. The van der Waals surface area contributed by atoms with E-state index in [2.05, 4.69) is 6.58 Å². The normalized spacial score (nSPS) is 20.8. The van der Waals surface area contributed by atoms with Crippen molar-refractivity contribution in [2.45, 2.75) is 32.2 Å². The standard InChI is InChI=1S/C20H18ClFN4O5/c1-2-7-24-18(29)23-19(30)26(20(24)31)14-9-15(13(22)8-12(14)21)25-16(27)10-5-3-4-6-11(10)17(25)28/h2,8-11H,1,3-7H2,(H,23,29,30). The molecule has 4 rings (SSSR count). The second-order valence-electron chi connectivity index (χ2n) is 7.52. The van der Waals surface area contributed by atoms with Gasteiger partial charge in [0.15, 0.2) is 0 Å². The smallest absolute Gasteiger partial charge is 0.274 e. The molecular weight excluding hydrogens is 431 g/mol. The van der Waals surface area contributed by atoms with Gasteiger partial charge in [0, 0.05) is 0 Å². The van der Waals surface area contributed by atoms with E-state index in [0.717, 1.165) is 29.9 Å². The number of amides is 2. The highest BCUT2D eigenvalue weighted by Crippen LogP contribution is 2.41. The van der Waals surface area contributed by atoms with Crippen LogP contribution in [0, 0.1) is 17.7 Å². The lowest BCUT2D eigenvalue weighted by Crippen LogP contribution is -2.48. The lowest BCUT2D eigenvalue weighted by atomic mass is 9.81. The molecule has 1 saturated heterocycles. The number of hydrogen-bond acceptors (Lipinski definition) is 5. The molecule has 0 radical (unpaired) electrons. The van der Waals surface area contributed by atoms with Crippen molar-refractivity contribution >= 4 is 29.1 Å². The van der Waals surface area contributed by atoms with Crippen LogP contribution in [0.1, 0.15) is 25.7 Å². The molecule has 9 nitrogen and oxygen atoms in total. The second kappa shape index (κ2) is 7.77. The number of allylic oxidation sites excluding steroid dienone is 1. The number of benzene rings is 1. The number of rotatable bonds is 4. The fourth-order valence-corrected chi connectivity index (χ4v) is 4.52. The fraction of sp³-hybridized carbons (Fsp3) is 0.350. The monoisotopic (exact) mass is 448 g/mol. The molecule has 1 aliphatic heterocycles. The first-order chi connectivity index (χ1) is 14.8. The SMILES string of the molecule is C=CCn1c(=O)[nH]c(=O)n(-c2cc(N3C(=O)C4CCCCC4C3=O)c(F)cc2Cl)c1=O. The Bertz CT molecular complexity index is 1270. The Balaban J connectivity index is 1.91. The number of anilines is 1. The number of aromatic amines is 1. The summed E-state index contributed by atoms with van der Waals surface area (Å²) in [6.07, 6.45) is 3.97. The van der Waals surface area contributed by atoms with Crippen LogP contribution in [0.3, 0.4) is 0 Å². The van der Waals surface area contributed by atoms with E-state index in [0.29, 0.717) is 22.0 Å². The summed E-state index contributed by atoms with van der Waals surface area (Å²) in [5.74, 6) is -3.00. The summed E-state index contributed by atoms with van der Waals surface area (Å²) >= 11 is 6.10. The van der Waals surface area contributed by atoms with Crippen molar-refractivity contribution in [1.29, 1.82) is 0 Å². The Kier molecular flexibility index (Phi) is 5.26. The minimum Gasteiger partial charge on any atom is -0.274 e. The van der Waals surface area contributed by atoms with Crippen molar-refractivity contribution in [2.24, 2.45) is 11.8 Å². The molecule has 1 N–H and O–H groups in total.